The van der Waals surface area contributed by atoms with Gasteiger partial charge in [-0.25, -0.2) is 4.99 Å². The van der Waals surface area contributed by atoms with E-state index in [0.717, 1.165) is 31.5 Å². The lowest BCUT2D eigenvalue weighted by Crippen LogP contribution is -2.53. The Labute approximate surface area is 158 Å². The van der Waals surface area contributed by atoms with Crippen molar-refractivity contribution in [3.05, 3.63) is 0 Å². The van der Waals surface area contributed by atoms with Gasteiger partial charge in [0.15, 0.2) is 5.96 Å². The second-order valence-electron chi connectivity index (χ2n) is 7.31. The van der Waals surface area contributed by atoms with E-state index in [4.69, 9.17) is 4.74 Å². The van der Waals surface area contributed by atoms with Crippen LogP contribution >= 0.6 is 0 Å². The Kier molecular flexibility index (Phi) is 9.77. The Bertz CT molecular complexity index is 438. The highest BCUT2D eigenvalue weighted by Gasteiger charge is 2.27. The zero-order valence-electron chi connectivity index (χ0n) is 16.6. The summed E-state index contributed by atoms with van der Waals surface area (Å²) < 4.78 is 4.94. The first-order valence-corrected chi connectivity index (χ1v) is 10.3. The number of amides is 1. The SMILES string of the molecule is CCNC(=NCC(=O)NCCOC)NC1CCCN(C2CCCCC2)C1. The van der Waals surface area contributed by atoms with Gasteiger partial charge in [0.05, 0.1) is 6.61 Å². The molecule has 0 aromatic carbocycles. The maximum Gasteiger partial charge on any atom is 0.241 e. The maximum absolute atomic E-state index is 11.8. The molecular weight excluding hydrogens is 330 g/mol. The number of methoxy groups -OCH3 is 1. The predicted molar refractivity (Wildman–Crippen MR) is 105 cm³/mol. The van der Waals surface area contributed by atoms with Gasteiger partial charge < -0.3 is 20.7 Å². The molecule has 150 valence electrons. The van der Waals surface area contributed by atoms with Crippen LogP contribution < -0.4 is 16.0 Å². The van der Waals surface area contributed by atoms with Gasteiger partial charge >= 0.3 is 0 Å². The summed E-state index contributed by atoms with van der Waals surface area (Å²) in [6, 6.07) is 1.17. The number of hydrogen-bond acceptors (Lipinski definition) is 4. The van der Waals surface area contributed by atoms with Crippen molar-refractivity contribution in [2.75, 3.05) is 46.4 Å². The molecule has 7 nitrogen and oxygen atoms in total. The molecule has 3 N–H and O–H groups in total. The summed E-state index contributed by atoms with van der Waals surface area (Å²) in [6.45, 7) is 6.31. The number of nitrogens with one attached hydrogen (secondary N) is 3. The van der Waals surface area contributed by atoms with Gasteiger partial charge in [-0.05, 0) is 39.2 Å². The molecule has 1 atom stereocenters. The third-order valence-electron chi connectivity index (χ3n) is 5.24. The number of rotatable bonds is 8. The van der Waals surface area contributed by atoms with Crippen molar-refractivity contribution in [3.63, 3.8) is 0 Å². The van der Waals surface area contributed by atoms with E-state index < -0.39 is 0 Å². The van der Waals surface area contributed by atoms with Gasteiger partial charge in [-0.1, -0.05) is 19.3 Å². The van der Waals surface area contributed by atoms with E-state index in [9.17, 15) is 4.79 Å². The van der Waals surface area contributed by atoms with Crippen LogP contribution in [0.25, 0.3) is 0 Å². The second-order valence-corrected chi connectivity index (χ2v) is 7.31. The first kappa shape index (κ1) is 21.0. The lowest BCUT2D eigenvalue weighted by atomic mass is 9.92. The van der Waals surface area contributed by atoms with E-state index in [1.165, 1.54) is 45.1 Å². The van der Waals surface area contributed by atoms with Crippen molar-refractivity contribution in [2.24, 2.45) is 4.99 Å². The van der Waals surface area contributed by atoms with E-state index >= 15 is 0 Å². The van der Waals surface area contributed by atoms with E-state index in [1.54, 1.807) is 7.11 Å². The topological polar surface area (TPSA) is 78.0 Å². The Morgan fingerprint density at radius 3 is 2.69 bits per heavy atom. The Balaban J connectivity index is 1.81. The van der Waals surface area contributed by atoms with Gasteiger partial charge in [0.1, 0.15) is 6.54 Å². The van der Waals surface area contributed by atoms with E-state index in [2.05, 4.69) is 25.8 Å². The summed E-state index contributed by atoms with van der Waals surface area (Å²) in [5, 5.41) is 9.60. The summed E-state index contributed by atoms with van der Waals surface area (Å²) in [4.78, 5) is 19.0. The van der Waals surface area contributed by atoms with Gasteiger partial charge in [0, 0.05) is 38.8 Å². The molecule has 0 aromatic rings. The average Bonchev–Trinajstić information content (AvgIpc) is 2.67. The van der Waals surface area contributed by atoms with Crippen LogP contribution in [0.5, 0.6) is 0 Å². The van der Waals surface area contributed by atoms with Crippen molar-refractivity contribution < 1.29 is 9.53 Å². The minimum absolute atomic E-state index is 0.0771. The number of carbonyl (C=O) groups excluding carboxylic acids is 1. The second kappa shape index (κ2) is 12.1. The molecule has 1 amide bonds. The molecule has 1 aliphatic carbocycles. The molecule has 7 heteroatoms. The molecular formula is C19H37N5O2. The van der Waals surface area contributed by atoms with Crippen molar-refractivity contribution >= 4 is 11.9 Å². The normalized spacial score (nSPS) is 22.8. The van der Waals surface area contributed by atoms with Crippen LogP contribution in [0.1, 0.15) is 51.9 Å². The summed E-state index contributed by atoms with van der Waals surface area (Å²) in [5.74, 6) is 0.664. The molecule has 26 heavy (non-hydrogen) atoms. The van der Waals surface area contributed by atoms with Gasteiger partial charge in [-0.2, -0.15) is 0 Å². The fourth-order valence-electron chi connectivity index (χ4n) is 3.91. The predicted octanol–water partition coefficient (Wildman–Crippen LogP) is 1.10. The number of likely N-dealkylation sites (tertiary alicyclic amines) is 1. The monoisotopic (exact) mass is 367 g/mol. The molecule has 1 saturated carbocycles. The van der Waals surface area contributed by atoms with Gasteiger partial charge in [0.25, 0.3) is 0 Å². The van der Waals surface area contributed by atoms with Crippen LogP contribution in [0.4, 0.5) is 0 Å². The first-order chi connectivity index (χ1) is 12.7. The van der Waals surface area contributed by atoms with E-state index in [-0.39, 0.29) is 12.5 Å². The van der Waals surface area contributed by atoms with Gasteiger partial charge in [-0.15, -0.1) is 0 Å². The molecule has 0 bridgehead atoms. The van der Waals surface area contributed by atoms with Gasteiger partial charge in [-0.3, -0.25) is 9.69 Å². The number of ether oxygens (including phenoxy) is 1. The van der Waals surface area contributed by atoms with Crippen molar-refractivity contribution in [1.29, 1.82) is 0 Å². The summed E-state index contributed by atoms with van der Waals surface area (Å²) in [7, 11) is 1.62. The number of hydrogen-bond donors (Lipinski definition) is 3. The molecule has 1 heterocycles. The molecule has 1 saturated heterocycles. The molecule has 2 aliphatic rings. The maximum atomic E-state index is 11.8. The minimum atomic E-state index is -0.0771. The minimum Gasteiger partial charge on any atom is -0.383 e. The highest BCUT2D eigenvalue weighted by molar-refractivity contribution is 5.85. The van der Waals surface area contributed by atoms with E-state index in [0.29, 0.717) is 19.2 Å². The molecule has 1 aliphatic heterocycles. The lowest BCUT2D eigenvalue weighted by Gasteiger charge is -2.40. The molecule has 2 fully saturated rings. The zero-order chi connectivity index (χ0) is 18.6. The molecule has 0 aromatic heterocycles. The zero-order valence-corrected chi connectivity index (χ0v) is 16.6. The van der Waals surface area contributed by atoms with Crippen LogP contribution in [0.15, 0.2) is 4.99 Å². The number of guanidine groups is 1. The number of nitrogens with zero attached hydrogens (tertiary/aromatic N) is 2. The standard InChI is InChI=1S/C19H37N5O2/c1-3-20-19(22-14-18(25)21-11-13-26-2)23-16-8-7-12-24(15-16)17-9-5-4-6-10-17/h16-17H,3-15H2,1-2H3,(H,21,25)(H2,20,22,23). The smallest absolute Gasteiger partial charge is 0.241 e. The number of piperidine rings is 1. The third-order valence-corrected chi connectivity index (χ3v) is 5.24. The fraction of sp³-hybridized carbons (Fsp3) is 0.895. The van der Waals surface area contributed by atoms with Crippen LogP contribution in [0.3, 0.4) is 0 Å². The molecule has 0 spiro atoms. The highest BCUT2D eigenvalue weighted by atomic mass is 16.5. The highest BCUT2D eigenvalue weighted by Crippen LogP contribution is 2.25. The Morgan fingerprint density at radius 1 is 1.15 bits per heavy atom. The number of carbonyl (C=O) groups is 1. The van der Waals surface area contributed by atoms with Crippen LogP contribution in [0, 0.1) is 0 Å². The first-order valence-electron chi connectivity index (χ1n) is 10.3. The molecule has 0 radical (unpaired) electrons. The molecule has 1 unspecified atom stereocenters. The van der Waals surface area contributed by atoms with Crippen molar-refractivity contribution in [2.45, 2.75) is 64.0 Å². The van der Waals surface area contributed by atoms with Crippen LogP contribution in [0.2, 0.25) is 0 Å². The Morgan fingerprint density at radius 2 is 1.96 bits per heavy atom. The Hall–Kier alpha value is -1.34. The van der Waals surface area contributed by atoms with E-state index in [1.807, 2.05) is 6.92 Å². The summed E-state index contributed by atoms with van der Waals surface area (Å²) in [6.07, 6.45) is 9.24. The summed E-state index contributed by atoms with van der Waals surface area (Å²) in [5.41, 5.74) is 0. The fourth-order valence-corrected chi connectivity index (χ4v) is 3.91. The summed E-state index contributed by atoms with van der Waals surface area (Å²) >= 11 is 0. The van der Waals surface area contributed by atoms with Crippen LogP contribution in [-0.2, 0) is 9.53 Å². The molecule has 2 rings (SSSR count). The van der Waals surface area contributed by atoms with Crippen molar-refractivity contribution in [1.82, 2.24) is 20.9 Å². The number of aliphatic imine (C=N–C) groups is 1. The van der Waals surface area contributed by atoms with Crippen molar-refractivity contribution in [3.8, 4) is 0 Å². The quantitative estimate of drug-likeness (QED) is 0.340. The van der Waals surface area contributed by atoms with Crippen LogP contribution in [-0.4, -0.2) is 75.3 Å². The average molecular weight is 368 g/mol. The van der Waals surface area contributed by atoms with Gasteiger partial charge in [0.2, 0.25) is 5.91 Å². The lowest BCUT2D eigenvalue weighted by molar-refractivity contribution is -0.119. The largest absolute Gasteiger partial charge is 0.383 e. The third kappa shape index (κ3) is 7.50.